The van der Waals surface area contributed by atoms with Gasteiger partial charge in [0.25, 0.3) is 0 Å². The largest absolute Gasteiger partial charge is 0.235 e. The van der Waals surface area contributed by atoms with E-state index in [9.17, 15) is 0 Å². The van der Waals surface area contributed by atoms with Crippen LogP contribution in [-0.2, 0) is 0 Å². The van der Waals surface area contributed by atoms with Gasteiger partial charge >= 0.3 is 0 Å². The number of aromatic nitrogens is 3. The van der Waals surface area contributed by atoms with Gasteiger partial charge in [-0.25, -0.2) is 4.68 Å². The number of aryl methyl sites for hydroxylation is 1. The summed E-state index contributed by atoms with van der Waals surface area (Å²) in [6, 6.07) is 0.621. The molecule has 1 aliphatic rings. The highest BCUT2D eigenvalue weighted by atomic mass is 79.9. The van der Waals surface area contributed by atoms with Gasteiger partial charge < -0.3 is 0 Å². The zero-order valence-electron chi connectivity index (χ0n) is 5.71. The van der Waals surface area contributed by atoms with Crippen molar-refractivity contribution in [3.63, 3.8) is 0 Å². The molecule has 0 radical (unpaired) electrons. The number of hydrogen-bond donors (Lipinski definition) is 0. The molecule has 0 spiro atoms. The zero-order chi connectivity index (χ0) is 7.14. The highest BCUT2D eigenvalue weighted by Crippen LogP contribution is 2.36. The van der Waals surface area contributed by atoms with Crippen LogP contribution in [0, 0.1) is 6.92 Å². The molecular weight excluding hydrogens is 194 g/mol. The molecule has 0 bridgehead atoms. The van der Waals surface area contributed by atoms with Gasteiger partial charge in [-0.2, -0.15) is 0 Å². The molecule has 0 atom stereocenters. The maximum atomic E-state index is 4.00. The van der Waals surface area contributed by atoms with E-state index in [1.807, 2.05) is 11.6 Å². The first kappa shape index (κ1) is 6.34. The predicted octanol–water partition coefficient (Wildman–Crippen LogP) is 1.68. The van der Waals surface area contributed by atoms with Gasteiger partial charge in [0, 0.05) is 0 Å². The van der Waals surface area contributed by atoms with E-state index in [0.29, 0.717) is 6.04 Å². The Morgan fingerprint density at radius 3 is 2.70 bits per heavy atom. The molecule has 1 aromatic rings. The van der Waals surface area contributed by atoms with E-state index >= 15 is 0 Å². The molecule has 0 aromatic carbocycles. The van der Waals surface area contributed by atoms with Crippen LogP contribution in [0.5, 0.6) is 0 Å². The van der Waals surface area contributed by atoms with E-state index in [1.54, 1.807) is 0 Å². The fourth-order valence-electron chi connectivity index (χ4n) is 0.914. The highest BCUT2D eigenvalue weighted by Gasteiger charge is 2.26. The minimum Gasteiger partial charge on any atom is -0.235 e. The highest BCUT2D eigenvalue weighted by molar-refractivity contribution is 9.10. The van der Waals surface area contributed by atoms with Crippen molar-refractivity contribution >= 4 is 15.9 Å². The minimum atomic E-state index is 0.621. The van der Waals surface area contributed by atoms with Gasteiger partial charge in [-0.3, -0.25) is 0 Å². The Morgan fingerprint density at radius 1 is 1.60 bits per heavy atom. The summed E-state index contributed by atoms with van der Waals surface area (Å²) in [4.78, 5) is 0. The number of nitrogens with zero attached hydrogens (tertiary/aromatic N) is 3. The number of halogens is 1. The molecule has 2 rings (SSSR count). The van der Waals surface area contributed by atoms with Crippen LogP contribution in [0.2, 0.25) is 0 Å². The fraction of sp³-hybridized carbons (Fsp3) is 0.667. The number of hydrogen-bond acceptors (Lipinski definition) is 2. The molecule has 3 nitrogen and oxygen atoms in total. The summed E-state index contributed by atoms with van der Waals surface area (Å²) in [5, 5.41) is 7.94. The average Bonchev–Trinajstić information content (AvgIpc) is 2.67. The molecule has 0 unspecified atom stereocenters. The van der Waals surface area contributed by atoms with Crippen LogP contribution in [0.15, 0.2) is 4.60 Å². The SMILES string of the molecule is Cc1nnn(C2CC2)c1Br. The van der Waals surface area contributed by atoms with Crippen molar-refractivity contribution in [2.75, 3.05) is 0 Å². The van der Waals surface area contributed by atoms with Crippen molar-refractivity contribution < 1.29 is 0 Å². The lowest BCUT2D eigenvalue weighted by molar-refractivity contribution is 0.599. The third-order valence-electron chi connectivity index (χ3n) is 1.68. The predicted molar refractivity (Wildman–Crippen MR) is 40.7 cm³/mol. The summed E-state index contributed by atoms with van der Waals surface area (Å²) < 4.78 is 2.99. The summed E-state index contributed by atoms with van der Waals surface area (Å²) in [5.41, 5.74) is 0.979. The molecule has 4 heteroatoms. The average molecular weight is 202 g/mol. The first-order valence-electron chi connectivity index (χ1n) is 3.36. The van der Waals surface area contributed by atoms with Crippen molar-refractivity contribution in [3.8, 4) is 0 Å². The molecule has 0 N–H and O–H groups in total. The monoisotopic (exact) mass is 201 g/mol. The molecule has 1 aliphatic carbocycles. The summed E-state index contributed by atoms with van der Waals surface area (Å²) in [5.74, 6) is 0. The van der Waals surface area contributed by atoms with E-state index in [2.05, 4.69) is 26.2 Å². The molecule has 1 fully saturated rings. The van der Waals surface area contributed by atoms with E-state index < -0.39 is 0 Å². The van der Waals surface area contributed by atoms with Crippen LogP contribution in [0.25, 0.3) is 0 Å². The second kappa shape index (κ2) is 2.05. The van der Waals surface area contributed by atoms with Crippen molar-refractivity contribution in [1.82, 2.24) is 15.0 Å². The summed E-state index contributed by atoms with van der Waals surface area (Å²) in [6.45, 7) is 1.95. The second-order valence-corrected chi connectivity index (χ2v) is 3.39. The van der Waals surface area contributed by atoms with E-state index in [0.717, 1.165) is 10.3 Å². The minimum absolute atomic E-state index is 0.621. The van der Waals surface area contributed by atoms with Gasteiger partial charge in [-0.1, -0.05) is 5.21 Å². The second-order valence-electron chi connectivity index (χ2n) is 2.64. The lowest BCUT2D eigenvalue weighted by Crippen LogP contribution is -1.95. The van der Waals surface area contributed by atoms with Crippen LogP contribution in [0.4, 0.5) is 0 Å². The lowest BCUT2D eigenvalue weighted by Gasteiger charge is -1.95. The topological polar surface area (TPSA) is 30.7 Å². The van der Waals surface area contributed by atoms with Crippen molar-refractivity contribution in [2.45, 2.75) is 25.8 Å². The van der Waals surface area contributed by atoms with Crippen LogP contribution in [-0.4, -0.2) is 15.0 Å². The maximum absolute atomic E-state index is 4.00. The Morgan fingerprint density at radius 2 is 2.30 bits per heavy atom. The smallest absolute Gasteiger partial charge is 0.127 e. The molecule has 54 valence electrons. The summed E-state index contributed by atoms with van der Waals surface area (Å²) >= 11 is 3.43. The van der Waals surface area contributed by atoms with E-state index in [4.69, 9.17) is 0 Å². The summed E-state index contributed by atoms with van der Waals surface area (Å²) in [6.07, 6.45) is 2.50. The maximum Gasteiger partial charge on any atom is 0.127 e. The molecule has 1 heterocycles. The summed E-state index contributed by atoms with van der Waals surface area (Å²) in [7, 11) is 0. The molecule has 1 saturated carbocycles. The third-order valence-corrected chi connectivity index (χ3v) is 2.62. The first-order chi connectivity index (χ1) is 4.79. The lowest BCUT2D eigenvalue weighted by atomic mass is 10.5. The van der Waals surface area contributed by atoms with Crippen molar-refractivity contribution in [3.05, 3.63) is 10.3 Å². The molecule has 10 heavy (non-hydrogen) atoms. The Labute approximate surface area is 67.5 Å². The van der Waals surface area contributed by atoms with Crippen LogP contribution in [0.1, 0.15) is 24.6 Å². The molecule has 0 amide bonds. The zero-order valence-corrected chi connectivity index (χ0v) is 7.30. The van der Waals surface area contributed by atoms with Crippen LogP contribution in [0.3, 0.4) is 0 Å². The standard InChI is InChI=1S/C6H8BrN3/c1-4-6(7)10(9-8-4)5-2-3-5/h5H,2-3H2,1H3. The van der Waals surface area contributed by atoms with Gasteiger partial charge in [-0.05, 0) is 35.7 Å². The number of rotatable bonds is 1. The molecule has 1 aromatic heterocycles. The normalized spacial score (nSPS) is 17.8. The third kappa shape index (κ3) is 0.868. The van der Waals surface area contributed by atoms with Gasteiger partial charge in [0.1, 0.15) is 4.60 Å². The van der Waals surface area contributed by atoms with Gasteiger partial charge in [0.05, 0.1) is 11.7 Å². The van der Waals surface area contributed by atoms with Crippen LogP contribution < -0.4 is 0 Å². The van der Waals surface area contributed by atoms with Gasteiger partial charge in [0.2, 0.25) is 0 Å². The molecule has 0 saturated heterocycles. The van der Waals surface area contributed by atoms with Crippen molar-refractivity contribution in [1.29, 1.82) is 0 Å². The van der Waals surface area contributed by atoms with Gasteiger partial charge in [0.15, 0.2) is 0 Å². The Hall–Kier alpha value is -0.380. The van der Waals surface area contributed by atoms with Crippen molar-refractivity contribution in [2.24, 2.45) is 0 Å². The van der Waals surface area contributed by atoms with E-state index in [1.165, 1.54) is 12.8 Å². The Balaban J connectivity index is 2.40. The Kier molecular flexibility index (Phi) is 1.30. The molecular formula is C6H8BrN3. The molecule has 0 aliphatic heterocycles. The van der Waals surface area contributed by atoms with E-state index in [-0.39, 0.29) is 0 Å². The Bertz CT molecular complexity index is 251. The van der Waals surface area contributed by atoms with Crippen LogP contribution >= 0.6 is 15.9 Å². The quantitative estimate of drug-likeness (QED) is 0.693. The fourth-order valence-corrected chi connectivity index (χ4v) is 1.35. The van der Waals surface area contributed by atoms with Gasteiger partial charge in [-0.15, -0.1) is 5.10 Å². The first-order valence-corrected chi connectivity index (χ1v) is 4.15.